The van der Waals surface area contributed by atoms with Crippen molar-refractivity contribution in [3.8, 4) is 17.2 Å². The molecule has 6 rings (SSSR count). The van der Waals surface area contributed by atoms with Crippen molar-refractivity contribution in [2.24, 2.45) is 23.7 Å². The third kappa shape index (κ3) is 13.1. The number of fused-ring (bicyclic) bond motifs is 1. The van der Waals surface area contributed by atoms with Crippen LogP contribution < -0.4 is 29.7 Å². The number of nitrogens with one attached hydrogen (secondary N) is 2. The SMILES string of the molecule is CCCN1CC2[C@H](C)O[C@@H](O[C@H]3[C@H](C)[C@@H](O[C@@H]4O[C@H](C)CC[C@H]4Oc4cc(OC)c(OC)cc4CNC(=O)N(C)c4ccccc4)[C@](C)(O)C[C@@H](C)CN[C@H](C)[C@@H](O)[C@](C)(O)[C@@H](CC)OC(=O)[C@@H]3C)C[C@@]21OC. The molecule has 0 bridgehead atoms. The Hall–Kier alpha value is -3.82. The number of carbonyl (C=O) groups is 2. The number of ether oxygens (including phenoxy) is 9. The number of urea groups is 1. The van der Waals surface area contributed by atoms with Crippen LogP contribution in [0.1, 0.15) is 113 Å². The summed E-state index contributed by atoms with van der Waals surface area (Å²) in [5.41, 5.74) is -2.75. The average Bonchev–Trinajstić information content (AvgIpc) is 3.36. The van der Waals surface area contributed by atoms with Gasteiger partial charge in [-0.15, -0.1) is 0 Å². The zero-order valence-electron chi connectivity index (χ0n) is 45.9. The Morgan fingerprint density at radius 2 is 1.62 bits per heavy atom. The number of aliphatic hydroxyl groups excluding tert-OH is 1. The van der Waals surface area contributed by atoms with Crippen LogP contribution in [0.3, 0.4) is 0 Å². The fourth-order valence-corrected chi connectivity index (χ4v) is 11.7. The molecule has 4 aliphatic heterocycles. The molecule has 4 saturated heterocycles. The van der Waals surface area contributed by atoms with Gasteiger partial charge >= 0.3 is 12.0 Å². The normalized spacial score (nSPS) is 37.8. The number of anilines is 1. The monoisotopic (exact) mass is 1030 g/mol. The highest BCUT2D eigenvalue weighted by Crippen LogP contribution is 2.49. The second kappa shape index (κ2) is 24.9. The molecule has 0 saturated carbocycles. The number of nitrogens with zero attached hydrogens (tertiary/aromatic N) is 2. The van der Waals surface area contributed by atoms with Crippen LogP contribution in [0.4, 0.5) is 10.5 Å². The number of rotatable bonds is 15. The Bertz CT molecular complexity index is 2100. The summed E-state index contributed by atoms with van der Waals surface area (Å²) in [6, 6.07) is 11.8. The lowest BCUT2D eigenvalue weighted by molar-refractivity contribution is -0.363. The van der Waals surface area contributed by atoms with Gasteiger partial charge in [0.2, 0.25) is 0 Å². The highest BCUT2D eigenvalue weighted by Gasteiger charge is 2.61. The zero-order chi connectivity index (χ0) is 53.6. The topological polar surface area (TPSA) is 208 Å². The molecule has 0 spiro atoms. The summed E-state index contributed by atoms with van der Waals surface area (Å²) in [6.07, 6.45) is -4.77. The van der Waals surface area contributed by atoms with Crippen LogP contribution in [-0.4, -0.2) is 159 Å². The number of esters is 1. The number of methoxy groups -OCH3 is 3. The minimum absolute atomic E-state index is 0.0711. The molecule has 18 heteroatoms. The van der Waals surface area contributed by atoms with Gasteiger partial charge in [0.05, 0.1) is 50.2 Å². The van der Waals surface area contributed by atoms with E-state index in [0.29, 0.717) is 48.6 Å². The van der Waals surface area contributed by atoms with Crippen LogP contribution in [0, 0.1) is 23.7 Å². The molecule has 412 valence electrons. The van der Waals surface area contributed by atoms with Crippen LogP contribution in [0.15, 0.2) is 42.5 Å². The number of amides is 2. The number of cyclic esters (lactones) is 1. The Morgan fingerprint density at radius 3 is 2.26 bits per heavy atom. The number of likely N-dealkylation sites (tertiary alicyclic amines) is 1. The van der Waals surface area contributed by atoms with E-state index in [9.17, 15) is 24.9 Å². The summed E-state index contributed by atoms with van der Waals surface area (Å²) >= 11 is 0. The second-order valence-electron chi connectivity index (χ2n) is 21.7. The number of para-hydroxylation sites is 1. The lowest BCUT2D eigenvalue weighted by Crippen LogP contribution is -2.74. The van der Waals surface area contributed by atoms with Gasteiger partial charge in [-0.2, -0.15) is 0 Å². The van der Waals surface area contributed by atoms with E-state index < -0.39 is 83.9 Å². The molecule has 0 radical (unpaired) electrons. The standard InChI is InChI=1S/C55H88N4O14/c1-15-24-59-31-40-37(8)69-46(28-55(40,59)67-14)72-47-34(5)49(53(9,63)27-32(3)29-56-36(7)48(60)54(10,64)45(16-2)71-50(61)35(47)6)73-51-41(23-22-33(4)68-51)70-42-26-44(66-13)43(65-12)25-38(42)30-57-52(62)58(11)39-20-18-17-19-21-39/h17-21,25-26,32-37,40-41,45-49,51,56,60,63-64H,15-16,22-24,27-31H2,1-14H3,(H,57,62)/t32-,33-,34+,35-,36-,37+,40?,41-,45-,46+,47+,48-,49-,51+,53-,54-,55-/m1/s1. The van der Waals surface area contributed by atoms with Crippen LogP contribution in [-0.2, 0) is 39.8 Å². The molecular weight excluding hydrogens is 941 g/mol. The minimum Gasteiger partial charge on any atom is -0.493 e. The van der Waals surface area contributed by atoms with E-state index >= 15 is 0 Å². The molecule has 2 aromatic carbocycles. The van der Waals surface area contributed by atoms with Gasteiger partial charge in [0.15, 0.2) is 24.1 Å². The van der Waals surface area contributed by atoms with E-state index in [0.717, 1.165) is 25.2 Å². The van der Waals surface area contributed by atoms with Gasteiger partial charge in [0.1, 0.15) is 35.4 Å². The van der Waals surface area contributed by atoms with Gasteiger partial charge in [0.25, 0.3) is 0 Å². The fourth-order valence-electron chi connectivity index (χ4n) is 11.7. The molecule has 73 heavy (non-hydrogen) atoms. The van der Waals surface area contributed by atoms with E-state index in [1.165, 1.54) is 26.0 Å². The molecule has 1 unspecified atom stereocenters. The Balaban J connectivity index is 1.39. The maximum atomic E-state index is 14.7. The number of carbonyl (C=O) groups excluding carboxylic acids is 2. The number of hydrogen-bond donors (Lipinski definition) is 5. The number of hydrogen-bond acceptors (Lipinski definition) is 16. The van der Waals surface area contributed by atoms with Gasteiger partial charge in [-0.1, -0.05) is 45.9 Å². The number of aliphatic hydroxyl groups is 3. The first-order valence-corrected chi connectivity index (χ1v) is 26.5. The van der Waals surface area contributed by atoms with Crippen molar-refractivity contribution < 1.29 is 67.5 Å². The van der Waals surface area contributed by atoms with Crippen molar-refractivity contribution in [1.82, 2.24) is 15.5 Å². The highest BCUT2D eigenvalue weighted by molar-refractivity contribution is 5.91. The molecule has 4 fully saturated rings. The molecule has 4 aliphatic rings. The van der Waals surface area contributed by atoms with E-state index in [1.807, 2.05) is 58.0 Å². The van der Waals surface area contributed by atoms with E-state index in [-0.39, 0.29) is 49.5 Å². The lowest BCUT2D eigenvalue weighted by atomic mass is 9.75. The smallest absolute Gasteiger partial charge is 0.321 e. The predicted octanol–water partition coefficient (Wildman–Crippen LogP) is 6.39. The van der Waals surface area contributed by atoms with E-state index in [2.05, 4.69) is 22.5 Å². The zero-order valence-corrected chi connectivity index (χ0v) is 45.9. The molecule has 2 amide bonds. The maximum absolute atomic E-state index is 14.7. The van der Waals surface area contributed by atoms with Crippen LogP contribution >= 0.6 is 0 Å². The summed E-state index contributed by atoms with van der Waals surface area (Å²) in [7, 11) is 6.48. The summed E-state index contributed by atoms with van der Waals surface area (Å²) in [4.78, 5) is 32.0. The van der Waals surface area contributed by atoms with Crippen molar-refractivity contribution in [3.05, 3.63) is 48.0 Å². The largest absolute Gasteiger partial charge is 0.493 e. The van der Waals surface area contributed by atoms with Gasteiger partial charge in [-0.25, -0.2) is 4.79 Å². The molecule has 5 N–H and O–H groups in total. The van der Waals surface area contributed by atoms with Gasteiger partial charge in [-0.3, -0.25) is 14.6 Å². The van der Waals surface area contributed by atoms with E-state index in [1.54, 1.807) is 54.0 Å². The molecule has 2 aromatic rings. The first-order chi connectivity index (χ1) is 34.5. The molecule has 4 heterocycles. The summed E-state index contributed by atoms with van der Waals surface area (Å²) < 4.78 is 58.5. The average molecular weight is 1030 g/mol. The highest BCUT2D eigenvalue weighted by atomic mass is 16.7. The van der Waals surface area contributed by atoms with E-state index in [4.69, 9.17) is 42.6 Å². The third-order valence-corrected chi connectivity index (χ3v) is 16.0. The molecule has 0 aromatic heterocycles. The first kappa shape index (κ1) is 58.4. The quantitative estimate of drug-likeness (QED) is 0.123. The maximum Gasteiger partial charge on any atom is 0.321 e. The van der Waals surface area contributed by atoms with Gasteiger partial charge in [-0.05, 0) is 104 Å². The first-order valence-electron chi connectivity index (χ1n) is 26.5. The molecule has 17 atom stereocenters. The summed E-state index contributed by atoms with van der Waals surface area (Å²) in [5.74, 6) is -1.27. The second-order valence-corrected chi connectivity index (χ2v) is 21.7. The molecule has 0 aliphatic carbocycles. The summed E-state index contributed by atoms with van der Waals surface area (Å²) in [6.45, 7) is 20.6. The van der Waals surface area contributed by atoms with Crippen molar-refractivity contribution in [2.75, 3.05) is 52.9 Å². The molecular formula is C55H88N4O14. The Morgan fingerprint density at radius 1 is 0.932 bits per heavy atom. The fraction of sp³-hybridized carbons (Fsp3) is 0.745. The van der Waals surface area contributed by atoms with Crippen molar-refractivity contribution in [1.29, 1.82) is 0 Å². The van der Waals surface area contributed by atoms with Crippen LogP contribution in [0.2, 0.25) is 0 Å². The van der Waals surface area contributed by atoms with Crippen molar-refractivity contribution in [2.45, 2.75) is 193 Å². The predicted molar refractivity (Wildman–Crippen MR) is 275 cm³/mol. The van der Waals surface area contributed by atoms with Crippen molar-refractivity contribution >= 4 is 17.7 Å². The van der Waals surface area contributed by atoms with Crippen LogP contribution in [0.25, 0.3) is 0 Å². The lowest BCUT2D eigenvalue weighted by Gasteiger charge is -2.63. The number of benzene rings is 2. The Labute approximate surface area is 434 Å². The molecule has 18 nitrogen and oxygen atoms in total. The summed E-state index contributed by atoms with van der Waals surface area (Å²) in [5, 5.41) is 42.9. The van der Waals surface area contributed by atoms with Gasteiger partial charge < -0.3 is 68.6 Å². The van der Waals surface area contributed by atoms with Crippen LogP contribution in [0.5, 0.6) is 17.2 Å². The van der Waals surface area contributed by atoms with Crippen molar-refractivity contribution in [3.63, 3.8) is 0 Å². The third-order valence-electron chi connectivity index (χ3n) is 16.0. The Kier molecular flexibility index (Phi) is 19.9. The van der Waals surface area contributed by atoms with Gasteiger partial charge in [0, 0.05) is 75.4 Å². The minimum atomic E-state index is -1.82.